The van der Waals surface area contributed by atoms with Crippen molar-refractivity contribution >= 4 is 5.91 Å². The predicted molar refractivity (Wildman–Crippen MR) is 59.6 cm³/mol. The maximum Gasteiger partial charge on any atom is 0.254 e. The maximum atomic E-state index is 12.1. The number of rotatable bonds is 6. The van der Waals surface area contributed by atoms with E-state index in [1.54, 1.807) is 18.7 Å². The zero-order chi connectivity index (χ0) is 12.1. The summed E-state index contributed by atoms with van der Waals surface area (Å²) in [6, 6.07) is 0.124. The molecule has 0 aliphatic heterocycles. The highest BCUT2D eigenvalue weighted by atomic mass is 16.5. The number of nitrogens with zero attached hydrogens (tertiary/aromatic N) is 1. The minimum Gasteiger partial charge on any atom is -0.396 e. The summed E-state index contributed by atoms with van der Waals surface area (Å²) in [7, 11) is 1.53. The number of carbonyl (C=O) groups excluding carboxylic acids is 1. The molecule has 0 saturated heterocycles. The SMILES string of the molecule is COC(C)(C)C(=O)N(CCCO)C(C)C. The molecule has 90 valence electrons. The average Bonchev–Trinajstić information content (AvgIpc) is 2.17. The standard InChI is InChI=1S/C11H23NO3/c1-9(2)12(7-6-8-13)10(14)11(3,4)15-5/h9,13H,6-8H2,1-5H3. The van der Waals surface area contributed by atoms with E-state index in [0.717, 1.165) is 0 Å². The fourth-order valence-corrected chi connectivity index (χ4v) is 1.27. The summed E-state index contributed by atoms with van der Waals surface area (Å²) < 4.78 is 5.16. The third-order valence-electron chi connectivity index (χ3n) is 2.47. The first kappa shape index (κ1) is 14.4. The molecule has 0 aromatic heterocycles. The Balaban J connectivity index is 4.55. The van der Waals surface area contributed by atoms with Crippen LogP contribution in [0.2, 0.25) is 0 Å². The van der Waals surface area contributed by atoms with Crippen LogP contribution in [0.1, 0.15) is 34.1 Å². The summed E-state index contributed by atoms with van der Waals surface area (Å²) in [5.41, 5.74) is -0.792. The van der Waals surface area contributed by atoms with Gasteiger partial charge in [-0.2, -0.15) is 0 Å². The van der Waals surface area contributed by atoms with Crippen LogP contribution in [0.15, 0.2) is 0 Å². The highest BCUT2D eigenvalue weighted by molar-refractivity contribution is 5.84. The van der Waals surface area contributed by atoms with Crippen molar-refractivity contribution in [1.29, 1.82) is 0 Å². The highest BCUT2D eigenvalue weighted by Crippen LogP contribution is 2.14. The van der Waals surface area contributed by atoms with E-state index < -0.39 is 5.60 Å². The van der Waals surface area contributed by atoms with Crippen LogP contribution in [-0.2, 0) is 9.53 Å². The first-order valence-electron chi connectivity index (χ1n) is 5.34. The number of aliphatic hydroxyl groups is 1. The first-order valence-corrected chi connectivity index (χ1v) is 5.34. The van der Waals surface area contributed by atoms with E-state index in [1.807, 2.05) is 13.8 Å². The molecule has 4 nitrogen and oxygen atoms in total. The van der Waals surface area contributed by atoms with Gasteiger partial charge in [0.2, 0.25) is 0 Å². The molecular formula is C11H23NO3. The van der Waals surface area contributed by atoms with Gasteiger partial charge in [0.05, 0.1) is 0 Å². The van der Waals surface area contributed by atoms with E-state index in [9.17, 15) is 4.79 Å². The van der Waals surface area contributed by atoms with Gasteiger partial charge in [0.25, 0.3) is 5.91 Å². The monoisotopic (exact) mass is 217 g/mol. The topological polar surface area (TPSA) is 49.8 Å². The average molecular weight is 217 g/mol. The molecule has 0 radical (unpaired) electrons. The molecule has 15 heavy (non-hydrogen) atoms. The van der Waals surface area contributed by atoms with Gasteiger partial charge in [0.15, 0.2) is 0 Å². The van der Waals surface area contributed by atoms with Crippen LogP contribution in [0.3, 0.4) is 0 Å². The lowest BCUT2D eigenvalue weighted by Gasteiger charge is -2.33. The molecule has 0 rings (SSSR count). The minimum absolute atomic E-state index is 0.0338. The van der Waals surface area contributed by atoms with Crippen LogP contribution in [-0.4, -0.2) is 47.8 Å². The summed E-state index contributed by atoms with van der Waals surface area (Å²) in [5.74, 6) is -0.0338. The van der Waals surface area contributed by atoms with Gasteiger partial charge >= 0.3 is 0 Å². The van der Waals surface area contributed by atoms with Crippen molar-refractivity contribution in [3.63, 3.8) is 0 Å². The smallest absolute Gasteiger partial charge is 0.254 e. The third-order valence-corrected chi connectivity index (χ3v) is 2.47. The van der Waals surface area contributed by atoms with E-state index in [2.05, 4.69) is 0 Å². The second-order valence-electron chi connectivity index (χ2n) is 4.38. The lowest BCUT2D eigenvalue weighted by atomic mass is 10.1. The molecule has 0 aromatic carbocycles. The van der Waals surface area contributed by atoms with E-state index in [4.69, 9.17) is 9.84 Å². The van der Waals surface area contributed by atoms with E-state index >= 15 is 0 Å². The maximum absolute atomic E-state index is 12.1. The molecule has 0 aliphatic rings. The summed E-state index contributed by atoms with van der Waals surface area (Å²) in [6.45, 7) is 8.10. The number of ether oxygens (including phenoxy) is 1. The molecule has 0 fully saturated rings. The van der Waals surface area contributed by atoms with Crippen molar-refractivity contribution in [2.75, 3.05) is 20.3 Å². The first-order chi connectivity index (χ1) is 6.86. The predicted octanol–water partition coefficient (Wildman–Crippen LogP) is 1.03. The van der Waals surface area contributed by atoms with Gasteiger partial charge < -0.3 is 14.7 Å². The van der Waals surface area contributed by atoms with Crippen LogP contribution in [0.25, 0.3) is 0 Å². The molecule has 0 aliphatic carbocycles. The van der Waals surface area contributed by atoms with Crippen LogP contribution < -0.4 is 0 Å². The summed E-state index contributed by atoms with van der Waals surface area (Å²) in [6.07, 6.45) is 0.601. The zero-order valence-electron chi connectivity index (χ0n) is 10.4. The Kier molecular flexibility index (Phi) is 5.83. The molecule has 0 unspecified atom stereocenters. The van der Waals surface area contributed by atoms with E-state index in [1.165, 1.54) is 7.11 Å². The second-order valence-corrected chi connectivity index (χ2v) is 4.38. The zero-order valence-corrected chi connectivity index (χ0v) is 10.4. The number of amides is 1. The van der Waals surface area contributed by atoms with Crippen LogP contribution in [0.4, 0.5) is 0 Å². The van der Waals surface area contributed by atoms with Crippen LogP contribution >= 0.6 is 0 Å². The van der Waals surface area contributed by atoms with E-state index in [-0.39, 0.29) is 18.6 Å². The van der Waals surface area contributed by atoms with Crippen molar-refractivity contribution in [3.8, 4) is 0 Å². The highest BCUT2D eigenvalue weighted by Gasteiger charge is 2.32. The Morgan fingerprint density at radius 2 is 2.00 bits per heavy atom. The van der Waals surface area contributed by atoms with Gasteiger partial charge in [-0.3, -0.25) is 4.79 Å². The number of methoxy groups -OCH3 is 1. The summed E-state index contributed by atoms with van der Waals surface area (Å²) in [5, 5.41) is 8.77. The van der Waals surface area contributed by atoms with Gasteiger partial charge in [-0.25, -0.2) is 0 Å². The van der Waals surface area contributed by atoms with Crippen molar-refractivity contribution in [2.24, 2.45) is 0 Å². The van der Waals surface area contributed by atoms with Gasteiger partial charge in [0.1, 0.15) is 5.60 Å². The van der Waals surface area contributed by atoms with Crippen molar-refractivity contribution in [3.05, 3.63) is 0 Å². The molecule has 0 aromatic rings. The molecule has 1 amide bonds. The molecular weight excluding hydrogens is 194 g/mol. The summed E-state index contributed by atoms with van der Waals surface area (Å²) in [4.78, 5) is 13.8. The fraction of sp³-hybridized carbons (Fsp3) is 0.909. The Labute approximate surface area is 92.2 Å². The van der Waals surface area contributed by atoms with Crippen molar-refractivity contribution in [2.45, 2.75) is 45.8 Å². The fourth-order valence-electron chi connectivity index (χ4n) is 1.27. The molecule has 0 atom stereocenters. The lowest BCUT2D eigenvalue weighted by Crippen LogP contribution is -2.49. The number of carbonyl (C=O) groups is 1. The Hall–Kier alpha value is -0.610. The third kappa shape index (κ3) is 4.18. The molecule has 0 bridgehead atoms. The Bertz CT molecular complexity index is 202. The lowest BCUT2D eigenvalue weighted by molar-refractivity contribution is -0.153. The summed E-state index contributed by atoms with van der Waals surface area (Å²) >= 11 is 0. The largest absolute Gasteiger partial charge is 0.396 e. The normalized spacial score (nSPS) is 11.9. The number of hydrogen-bond donors (Lipinski definition) is 1. The van der Waals surface area contributed by atoms with Gasteiger partial charge in [-0.15, -0.1) is 0 Å². The molecule has 4 heteroatoms. The molecule has 0 spiro atoms. The molecule has 1 N–H and O–H groups in total. The van der Waals surface area contributed by atoms with Crippen LogP contribution in [0, 0.1) is 0 Å². The van der Waals surface area contributed by atoms with Crippen LogP contribution in [0.5, 0.6) is 0 Å². The second kappa shape index (κ2) is 6.08. The molecule has 0 saturated carbocycles. The number of aliphatic hydroxyl groups excluding tert-OH is 1. The van der Waals surface area contributed by atoms with Gasteiger partial charge in [-0.05, 0) is 34.1 Å². The van der Waals surface area contributed by atoms with Crippen molar-refractivity contribution < 1.29 is 14.6 Å². The Morgan fingerprint density at radius 1 is 1.47 bits per heavy atom. The minimum atomic E-state index is -0.792. The van der Waals surface area contributed by atoms with Crippen molar-refractivity contribution in [1.82, 2.24) is 4.90 Å². The quantitative estimate of drug-likeness (QED) is 0.723. The number of hydrogen-bond acceptors (Lipinski definition) is 3. The van der Waals surface area contributed by atoms with Gasteiger partial charge in [0, 0.05) is 26.3 Å². The Morgan fingerprint density at radius 3 is 2.33 bits per heavy atom. The van der Waals surface area contributed by atoms with Gasteiger partial charge in [-0.1, -0.05) is 0 Å². The molecule has 0 heterocycles. The van der Waals surface area contributed by atoms with E-state index in [0.29, 0.717) is 13.0 Å².